The van der Waals surface area contributed by atoms with Gasteiger partial charge < -0.3 is 34.7 Å². The van der Waals surface area contributed by atoms with Crippen LogP contribution in [-0.4, -0.2) is 84.2 Å². The van der Waals surface area contributed by atoms with Crippen LogP contribution in [0.5, 0.6) is 0 Å². The highest BCUT2D eigenvalue weighted by Gasteiger charge is 2.14. The normalized spacial score (nSPS) is 9.56. The average Bonchev–Trinajstić information content (AvgIpc) is 2.77. The molecule has 0 heterocycles. The van der Waals surface area contributed by atoms with Crippen molar-refractivity contribution in [1.82, 2.24) is 5.32 Å². The number of amides is 1. The molecule has 0 spiro atoms. The Morgan fingerprint density at radius 2 is 1.22 bits per heavy atom. The quantitative estimate of drug-likeness (QED) is 0.216. The van der Waals surface area contributed by atoms with Gasteiger partial charge in [0.15, 0.2) is 12.6 Å². The van der Waals surface area contributed by atoms with E-state index in [9.17, 15) is 19.2 Å². The standard InChI is InChI=1S/C9H17NO4.C7H12O3.C4H11NO2.CH4/c1-4-5-7(11)9(12)10-6-8(13-2)14-3;1-3-5-6(8)7(9)10-4-2;1-6-4(3-5)7-2;/h8H,4-6H2,1-3H3,(H,10,12);3-5H2,1-2H3;4H,3,5H2,1-2H3;1H4. The molecular formula is C21H44N2O9. The molecular weight excluding hydrogens is 424 g/mol. The summed E-state index contributed by atoms with van der Waals surface area (Å²) in [5, 5.41) is 2.43. The second-order valence-corrected chi connectivity index (χ2v) is 5.81. The van der Waals surface area contributed by atoms with Crippen molar-refractivity contribution in [2.24, 2.45) is 5.73 Å². The first kappa shape index (κ1) is 37.4. The van der Waals surface area contributed by atoms with E-state index >= 15 is 0 Å². The second-order valence-electron chi connectivity index (χ2n) is 5.81. The van der Waals surface area contributed by atoms with E-state index in [0.29, 0.717) is 25.8 Å². The van der Waals surface area contributed by atoms with E-state index in [-0.39, 0.29) is 33.3 Å². The Labute approximate surface area is 192 Å². The Kier molecular flexibility index (Phi) is 31.7. The largest absolute Gasteiger partial charge is 0.460 e. The van der Waals surface area contributed by atoms with E-state index in [1.807, 2.05) is 13.8 Å². The van der Waals surface area contributed by atoms with Crippen LogP contribution in [0.25, 0.3) is 0 Å². The molecule has 192 valence electrons. The fraction of sp³-hybridized carbons (Fsp3) is 0.810. The van der Waals surface area contributed by atoms with E-state index in [2.05, 4.69) is 10.1 Å². The molecule has 3 N–H and O–H groups in total. The van der Waals surface area contributed by atoms with E-state index in [1.165, 1.54) is 14.2 Å². The molecule has 0 saturated carbocycles. The Morgan fingerprint density at radius 3 is 1.53 bits per heavy atom. The summed E-state index contributed by atoms with van der Waals surface area (Å²) in [5.74, 6) is -2.11. The molecule has 0 unspecified atom stereocenters. The molecule has 1 amide bonds. The molecule has 0 radical (unpaired) electrons. The van der Waals surface area contributed by atoms with Gasteiger partial charge in [-0.1, -0.05) is 21.3 Å². The lowest BCUT2D eigenvalue weighted by Gasteiger charge is -2.13. The summed E-state index contributed by atoms with van der Waals surface area (Å²) in [5.41, 5.74) is 5.14. The maximum absolute atomic E-state index is 11.1. The zero-order valence-electron chi connectivity index (χ0n) is 19.9. The van der Waals surface area contributed by atoms with Crippen LogP contribution in [0.1, 0.15) is 53.9 Å². The van der Waals surface area contributed by atoms with Gasteiger partial charge in [0.05, 0.1) is 13.2 Å². The number of carbonyl (C=O) groups excluding carboxylic acids is 4. The van der Waals surface area contributed by atoms with Gasteiger partial charge in [0.2, 0.25) is 11.6 Å². The number of ether oxygens (including phenoxy) is 5. The minimum absolute atomic E-state index is 0. The van der Waals surface area contributed by atoms with Crippen molar-refractivity contribution in [2.45, 2.75) is 66.5 Å². The molecule has 0 bridgehead atoms. The fourth-order valence-corrected chi connectivity index (χ4v) is 1.71. The lowest BCUT2D eigenvalue weighted by Crippen LogP contribution is -2.37. The minimum Gasteiger partial charge on any atom is -0.460 e. The summed E-state index contributed by atoms with van der Waals surface area (Å²) in [7, 11) is 6.05. The molecule has 0 atom stereocenters. The van der Waals surface area contributed by atoms with E-state index < -0.39 is 29.7 Å². The summed E-state index contributed by atoms with van der Waals surface area (Å²) in [6, 6.07) is 0. The number of Topliss-reactive ketones (excluding diaryl/α,β-unsaturated/α-hetero) is 2. The van der Waals surface area contributed by atoms with Gasteiger partial charge in [0.1, 0.15) is 0 Å². The van der Waals surface area contributed by atoms with Gasteiger partial charge in [-0.25, -0.2) is 4.79 Å². The predicted molar refractivity (Wildman–Crippen MR) is 121 cm³/mol. The molecule has 0 aliphatic heterocycles. The number of hydrogen-bond acceptors (Lipinski definition) is 10. The Balaban J connectivity index is -0.000000192. The van der Waals surface area contributed by atoms with Gasteiger partial charge in [-0.15, -0.1) is 0 Å². The molecule has 0 aliphatic rings. The van der Waals surface area contributed by atoms with Gasteiger partial charge in [-0.2, -0.15) is 0 Å². The zero-order chi connectivity index (χ0) is 24.7. The van der Waals surface area contributed by atoms with Crippen molar-refractivity contribution in [3.63, 3.8) is 0 Å². The van der Waals surface area contributed by atoms with Crippen molar-refractivity contribution in [2.75, 3.05) is 48.1 Å². The van der Waals surface area contributed by atoms with E-state index in [0.717, 1.165) is 0 Å². The fourth-order valence-electron chi connectivity index (χ4n) is 1.71. The van der Waals surface area contributed by atoms with E-state index in [4.69, 9.17) is 24.7 Å². The molecule has 0 aromatic heterocycles. The van der Waals surface area contributed by atoms with Crippen molar-refractivity contribution < 1.29 is 42.9 Å². The average molecular weight is 469 g/mol. The van der Waals surface area contributed by atoms with Gasteiger partial charge >= 0.3 is 5.97 Å². The molecule has 0 fully saturated rings. The third-order valence-electron chi connectivity index (χ3n) is 3.38. The molecule has 0 rings (SSSR count). The molecule has 11 nitrogen and oxygen atoms in total. The zero-order valence-corrected chi connectivity index (χ0v) is 19.9. The van der Waals surface area contributed by atoms with Crippen LogP contribution >= 0.6 is 0 Å². The highest BCUT2D eigenvalue weighted by atomic mass is 16.7. The Bertz CT molecular complexity index is 458. The second kappa shape index (κ2) is 27.1. The van der Waals surface area contributed by atoms with Gasteiger partial charge in [0, 0.05) is 47.8 Å². The summed E-state index contributed by atoms with van der Waals surface area (Å²) >= 11 is 0. The van der Waals surface area contributed by atoms with Crippen molar-refractivity contribution in [3.05, 3.63) is 0 Å². The monoisotopic (exact) mass is 468 g/mol. The van der Waals surface area contributed by atoms with Crippen molar-refractivity contribution >= 4 is 23.4 Å². The van der Waals surface area contributed by atoms with Gasteiger partial charge in [0.25, 0.3) is 5.91 Å². The first-order valence-electron chi connectivity index (χ1n) is 10.0. The molecule has 32 heavy (non-hydrogen) atoms. The van der Waals surface area contributed by atoms with Crippen molar-refractivity contribution in [3.8, 4) is 0 Å². The first-order valence-corrected chi connectivity index (χ1v) is 10.0. The molecule has 0 saturated heterocycles. The molecule has 0 aromatic rings. The summed E-state index contributed by atoms with van der Waals surface area (Å²) in [6.07, 6.45) is 1.19. The molecule has 0 aliphatic carbocycles. The Hall–Kier alpha value is -1.92. The highest BCUT2D eigenvalue weighted by molar-refractivity contribution is 6.36. The summed E-state index contributed by atoms with van der Waals surface area (Å²) in [4.78, 5) is 43.4. The third-order valence-corrected chi connectivity index (χ3v) is 3.38. The van der Waals surface area contributed by atoms with Gasteiger partial charge in [-0.05, 0) is 19.8 Å². The number of ketones is 2. The van der Waals surface area contributed by atoms with Gasteiger partial charge in [-0.3, -0.25) is 14.4 Å². The van der Waals surface area contributed by atoms with Crippen molar-refractivity contribution in [1.29, 1.82) is 0 Å². The number of nitrogens with one attached hydrogen (secondary N) is 1. The maximum Gasteiger partial charge on any atom is 0.374 e. The van der Waals surface area contributed by atoms with Crippen LogP contribution in [0.15, 0.2) is 0 Å². The smallest absolute Gasteiger partial charge is 0.374 e. The van der Waals surface area contributed by atoms with E-state index in [1.54, 1.807) is 21.1 Å². The van der Waals surface area contributed by atoms with Crippen LogP contribution in [0.2, 0.25) is 0 Å². The SMILES string of the molecule is C.CCCC(=O)C(=O)NCC(OC)OC.CCCC(=O)C(=O)OCC.COC(CN)OC. The van der Waals surface area contributed by atoms with Crippen LogP contribution in [-0.2, 0) is 42.9 Å². The van der Waals surface area contributed by atoms with Crippen LogP contribution in [0, 0.1) is 0 Å². The molecule has 0 aromatic carbocycles. The minimum atomic E-state index is -0.704. The lowest BCUT2D eigenvalue weighted by atomic mass is 10.2. The maximum atomic E-state index is 11.1. The number of carbonyl (C=O) groups is 4. The Morgan fingerprint density at radius 1 is 0.781 bits per heavy atom. The highest BCUT2D eigenvalue weighted by Crippen LogP contribution is 1.92. The summed E-state index contributed by atoms with van der Waals surface area (Å²) in [6.45, 7) is 6.23. The number of hydrogen-bond donors (Lipinski definition) is 2. The van der Waals surface area contributed by atoms with Crippen LogP contribution in [0.4, 0.5) is 0 Å². The number of nitrogens with two attached hydrogens (primary N) is 1. The third kappa shape index (κ3) is 22.8. The lowest BCUT2D eigenvalue weighted by molar-refractivity contribution is -0.153. The predicted octanol–water partition coefficient (Wildman–Crippen LogP) is 1.21. The summed E-state index contributed by atoms with van der Waals surface area (Å²) < 4.78 is 23.6. The van der Waals surface area contributed by atoms with Crippen LogP contribution in [0.3, 0.4) is 0 Å². The first-order chi connectivity index (χ1) is 14.7. The molecule has 11 heteroatoms. The topological polar surface area (TPSA) is 152 Å². The number of esters is 1. The number of rotatable bonds is 14. The van der Waals surface area contributed by atoms with Crippen LogP contribution < -0.4 is 11.1 Å². The number of methoxy groups -OCH3 is 4.